The number of esters is 2. The molecule has 0 N–H and O–H groups in total. The van der Waals surface area contributed by atoms with Crippen LogP contribution in [0.4, 0.5) is 13.2 Å². The lowest BCUT2D eigenvalue weighted by molar-refractivity contribution is -0.150. The smallest absolute Gasteiger partial charge is 0.416 e. The molecule has 4 nitrogen and oxygen atoms in total. The Labute approximate surface area is 112 Å². The van der Waals surface area contributed by atoms with Crippen LogP contribution in [0.3, 0.4) is 0 Å². The summed E-state index contributed by atoms with van der Waals surface area (Å²) in [6.07, 6.45) is -4.53. The minimum Gasteiger partial charge on any atom is -0.450 e. The van der Waals surface area contributed by atoms with Crippen LogP contribution in [0.15, 0.2) is 36.4 Å². The van der Waals surface area contributed by atoms with Crippen molar-refractivity contribution in [2.45, 2.75) is 13.1 Å². The van der Waals surface area contributed by atoms with Gasteiger partial charge in [-0.2, -0.15) is 13.2 Å². The van der Waals surface area contributed by atoms with Gasteiger partial charge in [-0.3, -0.25) is 0 Å². The van der Waals surface area contributed by atoms with Crippen molar-refractivity contribution in [3.05, 3.63) is 42.0 Å². The van der Waals surface area contributed by atoms with Crippen LogP contribution >= 0.6 is 0 Å². The van der Waals surface area contributed by atoms with E-state index in [0.717, 1.165) is 12.1 Å². The Bertz CT molecular complexity index is 535. The van der Waals surface area contributed by atoms with E-state index in [1.807, 2.05) is 0 Å². The Kier molecular flexibility index (Phi) is 4.90. The monoisotopic (exact) mass is 288 g/mol. The second kappa shape index (κ2) is 6.23. The van der Waals surface area contributed by atoms with Gasteiger partial charge in [0.05, 0.1) is 5.56 Å². The maximum atomic E-state index is 12.4. The van der Waals surface area contributed by atoms with Crippen molar-refractivity contribution in [3.8, 4) is 5.75 Å². The molecule has 20 heavy (non-hydrogen) atoms. The second-order valence-electron chi connectivity index (χ2n) is 3.86. The molecule has 0 aliphatic rings. The van der Waals surface area contributed by atoms with Gasteiger partial charge in [0.25, 0.3) is 0 Å². The highest BCUT2D eigenvalue weighted by Crippen LogP contribution is 2.31. The lowest BCUT2D eigenvalue weighted by atomic mass is 10.2. The topological polar surface area (TPSA) is 52.6 Å². The molecule has 7 heteroatoms. The minimum atomic E-state index is -4.53. The third-order valence-electron chi connectivity index (χ3n) is 2.06. The number of alkyl halides is 3. The first-order valence-corrected chi connectivity index (χ1v) is 5.40. The quantitative estimate of drug-likeness (QED) is 0.485. The van der Waals surface area contributed by atoms with Gasteiger partial charge in [-0.05, 0) is 25.1 Å². The lowest BCUT2D eigenvalue weighted by Crippen LogP contribution is -2.19. The van der Waals surface area contributed by atoms with E-state index in [2.05, 4.69) is 16.1 Å². The van der Waals surface area contributed by atoms with E-state index in [1.165, 1.54) is 13.0 Å². The zero-order valence-corrected chi connectivity index (χ0v) is 10.5. The van der Waals surface area contributed by atoms with Crippen molar-refractivity contribution in [2.75, 3.05) is 6.61 Å². The number of halogens is 3. The molecule has 1 aromatic carbocycles. The van der Waals surface area contributed by atoms with Crippen molar-refractivity contribution in [1.29, 1.82) is 0 Å². The van der Waals surface area contributed by atoms with E-state index in [1.54, 1.807) is 0 Å². The van der Waals surface area contributed by atoms with Crippen molar-refractivity contribution >= 4 is 11.9 Å². The van der Waals surface area contributed by atoms with Crippen molar-refractivity contribution in [2.24, 2.45) is 0 Å². The fraction of sp³-hybridized carbons (Fsp3) is 0.231. The Balaban J connectivity index is 2.63. The van der Waals surface area contributed by atoms with Gasteiger partial charge in [0.1, 0.15) is 5.75 Å². The maximum Gasteiger partial charge on any atom is 0.416 e. The molecular formula is C13H11F3O4. The fourth-order valence-corrected chi connectivity index (χ4v) is 1.14. The molecule has 0 amide bonds. The average molecular weight is 288 g/mol. The fourth-order valence-electron chi connectivity index (χ4n) is 1.14. The lowest BCUT2D eigenvalue weighted by Gasteiger charge is -2.09. The molecule has 1 rings (SSSR count). The number of benzene rings is 1. The summed E-state index contributed by atoms with van der Waals surface area (Å²) < 4.78 is 46.4. The molecule has 0 aliphatic heterocycles. The summed E-state index contributed by atoms with van der Waals surface area (Å²) in [5.41, 5.74) is -0.849. The van der Waals surface area contributed by atoms with Gasteiger partial charge in [0.2, 0.25) is 0 Å². The van der Waals surface area contributed by atoms with Gasteiger partial charge in [0.15, 0.2) is 6.61 Å². The predicted molar refractivity (Wildman–Crippen MR) is 62.9 cm³/mol. The Hall–Kier alpha value is -2.31. The molecule has 0 spiro atoms. The van der Waals surface area contributed by atoms with Gasteiger partial charge >= 0.3 is 18.1 Å². The molecular weight excluding hydrogens is 277 g/mol. The molecule has 0 aliphatic carbocycles. The van der Waals surface area contributed by atoms with E-state index in [9.17, 15) is 22.8 Å². The molecule has 0 radical (unpaired) electrons. The van der Waals surface area contributed by atoms with E-state index in [4.69, 9.17) is 0 Å². The number of hydrogen-bond acceptors (Lipinski definition) is 4. The Morgan fingerprint density at radius 2 is 1.95 bits per heavy atom. The van der Waals surface area contributed by atoms with Crippen LogP contribution in [-0.4, -0.2) is 18.5 Å². The number of hydrogen-bond donors (Lipinski definition) is 0. The zero-order chi connectivity index (χ0) is 15.3. The van der Waals surface area contributed by atoms with E-state index < -0.39 is 30.3 Å². The zero-order valence-electron chi connectivity index (χ0n) is 10.5. The molecule has 0 heterocycles. The molecule has 0 aromatic heterocycles. The van der Waals surface area contributed by atoms with E-state index in [-0.39, 0.29) is 11.3 Å². The van der Waals surface area contributed by atoms with Gasteiger partial charge in [-0.1, -0.05) is 12.6 Å². The first-order valence-electron chi connectivity index (χ1n) is 5.40. The summed E-state index contributed by atoms with van der Waals surface area (Å²) in [4.78, 5) is 22.3. The summed E-state index contributed by atoms with van der Waals surface area (Å²) in [6, 6.07) is 3.82. The van der Waals surface area contributed by atoms with E-state index >= 15 is 0 Å². The summed E-state index contributed by atoms with van der Waals surface area (Å²) in [7, 11) is 0. The van der Waals surface area contributed by atoms with Crippen LogP contribution in [0.2, 0.25) is 0 Å². The minimum absolute atomic E-state index is 0.0943. The largest absolute Gasteiger partial charge is 0.450 e. The normalized spacial score (nSPS) is 10.8. The van der Waals surface area contributed by atoms with Gasteiger partial charge in [-0.15, -0.1) is 0 Å². The van der Waals surface area contributed by atoms with Gasteiger partial charge < -0.3 is 9.47 Å². The summed E-state index contributed by atoms with van der Waals surface area (Å²) in [6.45, 7) is 3.99. The molecule has 0 saturated carbocycles. The number of carbonyl (C=O) groups excluding carboxylic acids is 2. The number of ether oxygens (including phenoxy) is 2. The van der Waals surface area contributed by atoms with Crippen molar-refractivity contribution in [1.82, 2.24) is 0 Å². The molecule has 0 atom stereocenters. The Morgan fingerprint density at radius 3 is 2.50 bits per heavy atom. The van der Waals surface area contributed by atoms with Crippen LogP contribution in [0.1, 0.15) is 12.5 Å². The molecule has 0 bridgehead atoms. The SMILES string of the molecule is C=C(C)C(=O)OCC(=O)Oc1cccc(C(F)(F)F)c1. The van der Waals surface area contributed by atoms with E-state index in [0.29, 0.717) is 6.07 Å². The summed E-state index contributed by atoms with van der Waals surface area (Å²) in [5, 5.41) is 0. The van der Waals surface area contributed by atoms with Gasteiger partial charge in [0, 0.05) is 5.57 Å². The van der Waals surface area contributed by atoms with Crippen LogP contribution in [0.25, 0.3) is 0 Å². The second-order valence-corrected chi connectivity index (χ2v) is 3.86. The number of carbonyl (C=O) groups is 2. The highest BCUT2D eigenvalue weighted by Gasteiger charge is 2.30. The Morgan fingerprint density at radius 1 is 1.30 bits per heavy atom. The molecule has 0 unspecified atom stereocenters. The summed E-state index contributed by atoms with van der Waals surface area (Å²) >= 11 is 0. The summed E-state index contributed by atoms with van der Waals surface area (Å²) in [5.74, 6) is -2.05. The van der Waals surface area contributed by atoms with Crippen molar-refractivity contribution < 1.29 is 32.2 Å². The molecule has 0 saturated heterocycles. The van der Waals surface area contributed by atoms with Crippen LogP contribution < -0.4 is 4.74 Å². The third-order valence-corrected chi connectivity index (χ3v) is 2.06. The average Bonchev–Trinajstić information content (AvgIpc) is 2.35. The molecule has 0 fully saturated rings. The van der Waals surface area contributed by atoms with Crippen LogP contribution in [-0.2, 0) is 20.5 Å². The molecule has 108 valence electrons. The maximum absolute atomic E-state index is 12.4. The van der Waals surface area contributed by atoms with Crippen LogP contribution in [0.5, 0.6) is 5.75 Å². The standard InChI is InChI=1S/C13H11F3O4/c1-8(2)12(18)19-7-11(17)20-10-5-3-4-9(6-10)13(14,15)16/h3-6H,1,7H2,2H3. The first kappa shape index (κ1) is 15.7. The molecule has 1 aromatic rings. The van der Waals surface area contributed by atoms with Gasteiger partial charge in [-0.25, -0.2) is 9.59 Å². The number of rotatable bonds is 4. The van der Waals surface area contributed by atoms with Crippen molar-refractivity contribution in [3.63, 3.8) is 0 Å². The third kappa shape index (κ3) is 4.75. The highest BCUT2D eigenvalue weighted by atomic mass is 19.4. The predicted octanol–water partition coefficient (Wildman–Crippen LogP) is 2.73. The van der Waals surface area contributed by atoms with Crippen LogP contribution in [0, 0.1) is 0 Å². The highest BCUT2D eigenvalue weighted by molar-refractivity contribution is 5.88. The first-order chi connectivity index (χ1) is 9.20.